The van der Waals surface area contributed by atoms with Crippen LogP contribution in [-0.4, -0.2) is 29.3 Å². The average Bonchev–Trinajstić information content (AvgIpc) is 2.41. The molecule has 19 heavy (non-hydrogen) atoms. The van der Waals surface area contributed by atoms with Gasteiger partial charge in [-0.25, -0.2) is 4.98 Å². The lowest BCUT2D eigenvalue weighted by Crippen LogP contribution is -2.42. The van der Waals surface area contributed by atoms with Crippen LogP contribution in [0.1, 0.15) is 39.5 Å². The van der Waals surface area contributed by atoms with E-state index in [1.165, 1.54) is 0 Å². The van der Waals surface area contributed by atoms with Crippen molar-refractivity contribution in [3.05, 3.63) is 18.3 Å². The molecular weight excluding hydrogens is 240 g/mol. The Morgan fingerprint density at radius 1 is 1.26 bits per heavy atom. The van der Waals surface area contributed by atoms with Crippen molar-refractivity contribution in [2.24, 2.45) is 5.41 Å². The van der Waals surface area contributed by atoms with Crippen molar-refractivity contribution in [2.45, 2.75) is 45.1 Å². The lowest BCUT2D eigenvalue weighted by Gasteiger charge is -2.40. The number of nitrogens with one attached hydrogen (secondary N) is 1. The Morgan fingerprint density at radius 3 is 2.47 bits per heavy atom. The molecule has 0 bridgehead atoms. The first-order chi connectivity index (χ1) is 8.92. The molecule has 0 spiro atoms. The quantitative estimate of drug-likeness (QED) is 0.878. The molecule has 1 aromatic rings. The van der Waals surface area contributed by atoms with E-state index < -0.39 is 5.60 Å². The zero-order valence-corrected chi connectivity index (χ0v) is 12.1. The second-order valence-electron chi connectivity index (χ2n) is 6.33. The molecule has 2 rings (SSSR count). The van der Waals surface area contributed by atoms with Crippen molar-refractivity contribution in [1.29, 1.82) is 0 Å². The predicted octanol–water partition coefficient (Wildman–Crippen LogP) is 2.83. The van der Waals surface area contributed by atoms with Gasteiger partial charge in [0.1, 0.15) is 11.6 Å². The molecule has 4 heteroatoms. The van der Waals surface area contributed by atoms with Crippen molar-refractivity contribution >= 4 is 5.82 Å². The number of hydrogen-bond donors (Lipinski definition) is 2. The van der Waals surface area contributed by atoms with E-state index in [-0.39, 0.29) is 0 Å². The van der Waals surface area contributed by atoms with E-state index in [9.17, 15) is 5.11 Å². The molecule has 0 amide bonds. The highest BCUT2D eigenvalue weighted by Crippen LogP contribution is 2.40. The van der Waals surface area contributed by atoms with Crippen LogP contribution in [0.4, 0.5) is 5.82 Å². The Labute approximate surface area is 115 Å². The summed E-state index contributed by atoms with van der Waals surface area (Å²) in [7, 11) is 1.62. The largest absolute Gasteiger partial charge is 0.495 e. The Hall–Kier alpha value is -1.29. The van der Waals surface area contributed by atoms with Crippen LogP contribution < -0.4 is 10.1 Å². The lowest BCUT2D eigenvalue weighted by molar-refractivity contribution is -0.0145. The molecule has 2 N–H and O–H groups in total. The number of aliphatic hydroxyl groups is 1. The molecule has 1 aliphatic carbocycles. The zero-order chi connectivity index (χ0) is 13.9. The third kappa shape index (κ3) is 3.83. The fourth-order valence-electron chi connectivity index (χ4n) is 2.43. The molecule has 0 aliphatic heterocycles. The molecule has 0 aromatic carbocycles. The molecule has 1 saturated carbocycles. The number of pyridine rings is 1. The molecular formula is C15H24N2O2. The van der Waals surface area contributed by atoms with E-state index in [4.69, 9.17) is 4.74 Å². The standard InChI is InChI=1S/C15H24N2O2/c1-14(2)6-8-15(18,9-7-14)11-17-13-5-4-12(19-3)10-16-13/h4-5,10,18H,6-9,11H2,1-3H3,(H,16,17). The number of nitrogens with zero attached hydrogens (tertiary/aromatic N) is 1. The SMILES string of the molecule is COc1ccc(NCC2(O)CCC(C)(C)CC2)nc1. The summed E-state index contributed by atoms with van der Waals surface area (Å²) in [6.45, 7) is 5.10. The molecule has 106 valence electrons. The number of ether oxygens (including phenoxy) is 1. The van der Waals surface area contributed by atoms with Gasteiger partial charge < -0.3 is 15.2 Å². The van der Waals surface area contributed by atoms with E-state index in [2.05, 4.69) is 24.1 Å². The number of rotatable bonds is 4. The van der Waals surface area contributed by atoms with Gasteiger partial charge in [-0.1, -0.05) is 13.8 Å². The molecule has 1 aromatic heterocycles. The monoisotopic (exact) mass is 264 g/mol. The first kappa shape index (κ1) is 14.1. The van der Waals surface area contributed by atoms with Gasteiger partial charge in [0.25, 0.3) is 0 Å². The minimum Gasteiger partial charge on any atom is -0.495 e. The average molecular weight is 264 g/mol. The van der Waals surface area contributed by atoms with Crippen LogP contribution in [0, 0.1) is 5.41 Å². The van der Waals surface area contributed by atoms with Crippen molar-refractivity contribution < 1.29 is 9.84 Å². The summed E-state index contributed by atoms with van der Waals surface area (Å²) >= 11 is 0. The van der Waals surface area contributed by atoms with Crippen molar-refractivity contribution in [3.63, 3.8) is 0 Å². The first-order valence-electron chi connectivity index (χ1n) is 6.89. The van der Waals surface area contributed by atoms with Gasteiger partial charge in [-0.3, -0.25) is 0 Å². The highest BCUT2D eigenvalue weighted by Gasteiger charge is 2.36. The van der Waals surface area contributed by atoms with Crippen LogP contribution in [0.2, 0.25) is 0 Å². The highest BCUT2D eigenvalue weighted by molar-refractivity contribution is 5.37. The van der Waals surface area contributed by atoms with Crippen LogP contribution in [0.15, 0.2) is 18.3 Å². The summed E-state index contributed by atoms with van der Waals surface area (Å²) in [5.41, 5.74) is -0.234. The molecule has 0 atom stereocenters. The van der Waals surface area contributed by atoms with Gasteiger partial charge in [-0.15, -0.1) is 0 Å². The van der Waals surface area contributed by atoms with E-state index >= 15 is 0 Å². The van der Waals surface area contributed by atoms with Crippen molar-refractivity contribution in [2.75, 3.05) is 19.0 Å². The molecule has 1 aliphatic rings. The predicted molar refractivity (Wildman–Crippen MR) is 76.5 cm³/mol. The van der Waals surface area contributed by atoms with Gasteiger partial charge in [0, 0.05) is 6.54 Å². The van der Waals surface area contributed by atoms with Gasteiger partial charge in [0.2, 0.25) is 0 Å². The Kier molecular flexibility index (Phi) is 3.99. The second-order valence-corrected chi connectivity index (χ2v) is 6.33. The summed E-state index contributed by atoms with van der Waals surface area (Å²) in [5, 5.41) is 13.8. The Bertz CT molecular complexity index is 405. The highest BCUT2D eigenvalue weighted by atomic mass is 16.5. The number of aromatic nitrogens is 1. The van der Waals surface area contributed by atoms with E-state index in [1.54, 1.807) is 13.3 Å². The molecule has 4 nitrogen and oxygen atoms in total. The molecule has 1 fully saturated rings. The van der Waals surface area contributed by atoms with Gasteiger partial charge >= 0.3 is 0 Å². The summed E-state index contributed by atoms with van der Waals surface area (Å²) in [5.74, 6) is 1.52. The van der Waals surface area contributed by atoms with Gasteiger partial charge in [0.05, 0.1) is 18.9 Å². The fourth-order valence-corrected chi connectivity index (χ4v) is 2.43. The van der Waals surface area contributed by atoms with Crippen LogP contribution in [-0.2, 0) is 0 Å². The third-order valence-corrected chi connectivity index (χ3v) is 4.10. The Balaban J connectivity index is 1.87. The van der Waals surface area contributed by atoms with E-state index in [0.29, 0.717) is 12.0 Å². The maximum atomic E-state index is 10.6. The number of hydrogen-bond acceptors (Lipinski definition) is 4. The normalized spacial score (nSPS) is 20.8. The lowest BCUT2D eigenvalue weighted by atomic mass is 9.71. The van der Waals surface area contributed by atoms with Crippen molar-refractivity contribution in [1.82, 2.24) is 4.98 Å². The van der Waals surface area contributed by atoms with E-state index in [0.717, 1.165) is 37.3 Å². The van der Waals surface area contributed by atoms with Crippen LogP contribution >= 0.6 is 0 Å². The van der Waals surface area contributed by atoms with Crippen molar-refractivity contribution in [3.8, 4) is 5.75 Å². The molecule has 0 saturated heterocycles. The molecule has 0 unspecified atom stereocenters. The fraction of sp³-hybridized carbons (Fsp3) is 0.667. The molecule has 1 heterocycles. The van der Waals surface area contributed by atoms with Crippen LogP contribution in [0.5, 0.6) is 5.75 Å². The third-order valence-electron chi connectivity index (χ3n) is 4.10. The van der Waals surface area contributed by atoms with Crippen LogP contribution in [0.25, 0.3) is 0 Å². The second kappa shape index (κ2) is 5.37. The summed E-state index contributed by atoms with van der Waals surface area (Å²) in [6.07, 6.45) is 5.52. The maximum absolute atomic E-state index is 10.6. The number of methoxy groups -OCH3 is 1. The minimum atomic E-state index is -0.600. The first-order valence-corrected chi connectivity index (χ1v) is 6.89. The maximum Gasteiger partial charge on any atom is 0.137 e. The zero-order valence-electron chi connectivity index (χ0n) is 12.1. The van der Waals surface area contributed by atoms with Gasteiger partial charge in [0.15, 0.2) is 0 Å². The summed E-state index contributed by atoms with van der Waals surface area (Å²) in [4.78, 5) is 4.25. The molecule has 0 radical (unpaired) electrons. The van der Waals surface area contributed by atoms with Crippen LogP contribution in [0.3, 0.4) is 0 Å². The van der Waals surface area contributed by atoms with E-state index in [1.807, 2.05) is 12.1 Å². The Morgan fingerprint density at radius 2 is 1.95 bits per heavy atom. The van der Waals surface area contributed by atoms with Gasteiger partial charge in [-0.2, -0.15) is 0 Å². The minimum absolute atomic E-state index is 0.366. The summed E-state index contributed by atoms with van der Waals surface area (Å²) < 4.78 is 5.07. The summed E-state index contributed by atoms with van der Waals surface area (Å²) in [6, 6.07) is 3.73. The van der Waals surface area contributed by atoms with Gasteiger partial charge in [-0.05, 0) is 43.2 Å². The number of anilines is 1. The topological polar surface area (TPSA) is 54.4 Å². The smallest absolute Gasteiger partial charge is 0.137 e.